The Balaban J connectivity index is 1.41. The Kier molecular flexibility index (Phi) is 5.96. The molecule has 0 aliphatic heterocycles. The number of rotatable bonds is 7. The quantitative estimate of drug-likeness (QED) is 0.567. The van der Waals surface area contributed by atoms with Crippen LogP contribution in [0.4, 0.5) is 17.1 Å². The number of carbonyl (C=O) groups is 2. The van der Waals surface area contributed by atoms with Gasteiger partial charge >= 0.3 is 0 Å². The van der Waals surface area contributed by atoms with Crippen LogP contribution in [0.15, 0.2) is 83.8 Å². The van der Waals surface area contributed by atoms with E-state index in [4.69, 9.17) is 0 Å². The van der Waals surface area contributed by atoms with Gasteiger partial charge in [0, 0.05) is 29.9 Å². The maximum absolute atomic E-state index is 12.9. The standard InChI is InChI=1S/C24H23N3O4S/c1-27(21-5-3-2-4-6-21)32(30,31)22-15-9-18(10-16-22)24(29)26-20-13-11-19(12-14-20)25-23(28)17-7-8-17/h2-6,9-17H,7-8H2,1H3,(H,25,28)(H,26,29). The fourth-order valence-corrected chi connectivity index (χ4v) is 4.34. The first-order valence-electron chi connectivity index (χ1n) is 10.2. The zero-order valence-electron chi connectivity index (χ0n) is 17.5. The molecule has 0 bridgehead atoms. The number of para-hydroxylation sites is 1. The topological polar surface area (TPSA) is 95.6 Å². The van der Waals surface area contributed by atoms with Crippen molar-refractivity contribution in [1.29, 1.82) is 0 Å². The van der Waals surface area contributed by atoms with Crippen molar-refractivity contribution in [3.05, 3.63) is 84.4 Å². The smallest absolute Gasteiger partial charge is 0.264 e. The number of hydrogen-bond acceptors (Lipinski definition) is 4. The predicted octanol–water partition coefficient (Wildman–Crippen LogP) is 4.11. The van der Waals surface area contributed by atoms with Gasteiger partial charge < -0.3 is 10.6 Å². The SMILES string of the molecule is CN(c1ccccc1)S(=O)(=O)c1ccc(C(=O)Nc2ccc(NC(=O)C3CC3)cc2)cc1. The summed E-state index contributed by atoms with van der Waals surface area (Å²) in [7, 11) is -2.25. The minimum atomic E-state index is -3.74. The van der Waals surface area contributed by atoms with Crippen molar-refractivity contribution >= 4 is 38.9 Å². The summed E-state index contributed by atoms with van der Waals surface area (Å²) in [6.07, 6.45) is 1.87. The van der Waals surface area contributed by atoms with E-state index in [2.05, 4.69) is 10.6 Å². The summed E-state index contributed by atoms with van der Waals surface area (Å²) in [5.74, 6) is -0.219. The van der Waals surface area contributed by atoms with Gasteiger partial charge in [0.25, 0.3) is 15.9 Å². The van der Waals surface area contributed by atoms with Crippen molar-refractivity contribution in [1.82, 2.24) is 0 Å². The summed E-state index contributed by atoms with van der Waals surface area (Å²) in [6, 6.07) is 21.4. The number of carbonyl (C=O) groups excluding carboxylic acids is 2. The van der Waals surface area contributed by atoms with E-state index < -0.39 is 10.0 Å². The Morgan fingerprint density at radius 2 is 1.38 bits per heavy atom. The molecule has 0 spiro atoms. The first-order chi connectivity index (χ1) is 15.3. The number of hydrogen-bond donors (Lipinski definition) is 2. The van der Waals surface area contributed by atoms with Crippen LogP contribution in [0.25, 0.3) is 0 Å². The van der Waals surface area contributed by atoms with Crippen LogP contribution in [0.5, 0.6) is 0 Å². The Labute approximate surface area is 187 Å². The summed E-state index contributed by atoms with van der Waals surface area (Å²) in [4.78, 5) is 24.5. The third-order valence-electron chi connectivity index (χ3n) is 5.25. The number of sulfonamides is 1. The molecule has 0 saturated heterocycles. The highest BCUT2D eigenvalue weighted by atomic mass is 32.2. The van der Waals surface area contributed by atoms with Crippen molar-refractivity contribution in [2.45, 2.75) is 17.7 Å². The molecule has 0 heterocycles. The molecule has 164 valence electrons. The average molecular weight is 450 g/mol. The zero-order valence-corrected chi connectivity index (χ0v) is 18.3. The molecule has 3 aromatic rings. The Bertz CT molecular complexity index is 1220. The maximum atomic E-state index is 12.9. The second-order valence-electron chi connectivity index (χ2n) is 7.63. The molecule has 1 saturated carbocycles. The molecule has 2 N–H and O–H groups in total. The molecule has 7 nitrogen and oxygen atoms in total. The number of nitrogens with one attached hydrogen (secondary N) is 2. The normalized spacial score (nSPS) is 13.3. The highest BCUT2D eigenvalue weighted by molar-refractivity contribution is 7.92. The second kappa shape index (κ2) is 8.84. The van der Waals surface area contributed by atoms with E-state index >= 15 is 0 Å². The van der Waals surface area contributed by atoms with E-state index in [1.165, 1.54) is 35.6 Å². The Hall–Kier alpha value is -3.65. The van der Waals surface area contributed by atoms with Crippen LogP contribution in [0.1, 0.15) is 23.2 Å². The van der Waals surface area contributed by atoms with Crippen molar-refractivity contribution in [2.24, 2.45) is 5.92 Å². The van der Waals surface area contributed by atoms with Crippen molar-refractivity contribution in [3.63, 3.8) is 0 Å². The summed E-state index contributed by atoms with van der Waals surface area (Å²) < 4.78 is 26.9. The van der Waals surface area contributed by atoms with Crippen molar-refractivity contribution in [2.75, 3.05) is 22.0 Å². The van der Waals surface area contributed by atoms with Gasteiger partial charge in [-0.05, 0) is 73.5 Å². The molecule has 0 unspecified atom stereocenters. The van der Waals surface area contributed by atoms with Crippen molar-refractivity contribution in [3.8, 4) is 0 Å². The molecule has 8 heteroatoms. The fourth-order valence-electron chi connectivity index (χ4n) is 3.14. The lowest BCUT2D eigenvalue weighted by molar-refractivity contribution is -0.117. The first kappa shape index (κ1) is 21.6. The lowest BCUT2D eigenvalue weighted by atomic mass is 10.2. The van der Waals surface area contributed by atoms with Gasteiger partial charge in [0.15, 0.2) is 0 Å². The lowest BCUT2D eigenvalue weighted by Gasteiger charge is -2.19. The van der Waals surface area contributed by atoms with Gasteiger partial charge in [-0.15, -0.1) is 0 Å². The highest BCUT2D eigenvalue weighted by Gasteiger charge is 2.29. The molecular formula is C24H23N3O4S. The monoisotopic (exact) mass is 449 g/mol. The maximum Gasteiger partial charge on any atom is 0.264 e. The van der Waals surface area contributed by atoms with Gasteiger partial charge in [0.1, 0.15) is 0 Å². The van der Waals surface area contributed by atoms with E-state index in [0.29, 0.717) is 22.6 Å². The largest absolute Gasteiger partial charge is 0.326 e. The molecule has 3 aromatic carbocycles. The van der Waals surface area contributed by atoms with Crippen LogP contribution in [0.3, 0.4) is 0 Å². The minimum Gasteiger partial charge on any atom is -0.326 e. The van der Waals surface area contributed by atoms with Crippen LogP contribution in [-0.4, -0.2) is 27.3 Å². The van der Waals surface area contributed by atoms with Crippen LogP contribution in [0, 0.1) is 5.92 Å². The van der Waals surface area contributed by atoms with E-state index in [0.717, 1.165) is 12.8 Å². The van der Waals surface area contributed by atoms with Crippen LogP contribution in [0.2, 0.25) is 0 Å². The number of nitrogens with zero attached hydrogens (tertiary/aromatic N) is 1. The zero-order chi connectivity index (χ0) is 22.7. The Morgan fingerprint density at radius 3 is 1.94 bits per heavy atom. The molecule has 4 rings (SSSR count). The van der Waals surface area contributed by atoms with Gasteiger partial charge in [0.05, 0.1) is 10.6 Å². The molecule has 0 radical (unpaired) electrons. The first-order valence-corrected chi connectivity index (χ1v) is 11.6. The predicted molar refractivity (Wildman–Crippen MR) is 124 cm³/mol. The van der Waals surface area contributed by atoms with Crippen molar-refractivity contribution < 1.29 is 18.0 Å². The van der Waals surface area contributed by atoms with Crippen LogP contribution < -0.4 is 14.9 Å². The van der Waals surface area contributed by atoms with E-state index in [-0.39, 0.29) is 22.6 Å². The summed E-state index contributed by atoms with van der Waals surface area (Å²) in [5.41, 5.74) is 2.13. The van der Waals surface area contributed by atoms with Crippen LogP contribution in [-0.2, 0) is 14.8 Å². The number of anilines is 3. The molecule has 1 aliphatic rings. The third kappa shape index (κ3) is 4.81. The molecule has 1 fully saturated rings. The molecule has 32 heavy (non-hydrogen) atoms. The second-order valence-corrected chi connectivity index (χ2v) is 9.60. The molecular weight excluding hydrogens is 426 g/mol. The van der Waals surface area contributed by atoms with E-state index in [1.807, 2.05) is 6.07 Å². The average Bonchev–Trinajstić information content (AvgIpc) is 3.66. The van der Waals surface area contributed by atoms with Gasteiger partial charge in [-0.1, -0.05) is 18.2 Å². The van der Waals surface area contributed by atoms with E-state index in [1.54, 1.807) is 48.5 Å². The molecule has 1 aliphatic carbocycles. The molecule has 2 amide bonds. The minimum absolute atomic E-state index is 0.0229. The van der Waals surface area contributed by atoms with Gasteiger partial charge in [-0.2, -0.15) is 0 Å². The molecule has 0 aromatic heterocycles. The summed E-state index contributed by atoms with van der Waals surface area (Å²) in [5, 5.41) is 5.61. The summed E-state index contributed by atoms with van der Waals surface area (Å²) >= 11 is 0. The summed E-state index contributed by atoms with van der Waals surface area (Å²) in [6.45, 7) is 0. The number of benzene rings is 3. The number of amides is 2. The molecule has 0 atom stereocenters. The van der Waals surface area contributed by atoms with Crippen LogP contribution >= 0.6 is 0 Å². The van der Waals surface area contributed by atoms with Gasteiger partial charge in [-0.25, -0.2) is 8.42 Å². The third-order valence-corrected chi connectivity index (χ3v) is 7.05. The Morgan fingerprint density at radius 1 is 0.812 bits per heavy atom. The highest BCUT2D eigenvalue weighted by Crippen LogP contribution is 2.30. The fraction of sp³-hybridized carbons (Fsp3) is 0.167. The van der Waals surface area contributed by atoms with Gasteiger partial charge in [0.2, 0.25) is 5.91 Å². The lowest BCUT2D eigenvalue weighted by Crippen LogP contribution is -2.26. The van der Waals surface area contributed by atoms with E-state index in [9.17, 15) is 18.0 Å². The van der Waals surface area contributed by atoms with Gasteiger partial charge in [-0.3, -0.25) is 13.9 Å².